The van der Waals surface area contributed by atoms with Crippen molar-refractivity contribution in [2.75, 3.05) is 33.3 Å². The topological polar surface area (TPSA) is 84.0 Å². The van der Waals surface area contributed by atoms with Crippen LogP contribution in [0.2, 0.25) is 0 Å². The summed E-state index contributed by atoms with van der Waals surface area (Å²) in [5.74, 6) is 0.432. The summed E-state index contributed by atoms with van der Waals surface area (Å²) in [6.45, 7) is 1.11. The van der Waals surface area contributed by atoms with Crippen molar-refractivity contribution in [1.29, 1.82) is 0 Å². The van der Waals surface area contributed by atoms with Crippen LogP contribution >= 0.6 is 11.3 Å². The molecule has 0 N–H and O–H groups in total. The van der Waals surface area contributed by atoms with E-state index in [4.69, 9.17) is 4.74 Å². The Morgan fingerprint density at radius 1 is 1.04 bits per heavy atom. The number of hydrogen-bond donors (Lipinski definition) is 0. The minimum absolute atomic E-state index is 0.0379. The van der Waals surface area contributed by atoms with Gasteiger partial charge >= 0.3 is 0 Å². The van der Waals surface area contributed by atoms with Crippen molar-refractivity contribution in [3.05, 3.63) is 46.7 Å². The van der Waals surface area contributed by atoms with Gasteiger partial charge in [-0.1, -0.05) is 6.07 Å². The van der Waals surface area contributed by atoms with Crippen LogP contribution in [0.3, 0.4) is 0 Å². The first-order chi connectivity index (χ1) is 13.4. The zero-order chi connectivity index (χ0) is 20.1. The van der Waals surface area contributed by atoms with E-state index in [-0.39, 0.29) is 42.5 Å². The first kappa shape index (κ1) is 20.5. The molecule has 0 unspecified atom stereocenters. The fourth-order valence-electron chi connectivity index (χ4n) is 3.01. The molecular formula is C19H22N2O5S2. The number of rotatable bonds is 7. The Morgan fingerprint density at radius 3 is 2.29 bits per heavy atom. The SMILES string of the molecule is COc1ccc(S(=O)(=O)N2CCN(C(=O)CCC(=O)c3cccs3)CC2)cc1. The van der Waals surface area contributed by atoms with E-state index < -0.39 is 10.0 Å². The molecule has 2 heterocycles. The first-order valence-corrected chi connectivity index (χ1v) is 11.2. The summed E-state index contributed by atoms with van der Waals surface area (Å²) in [5, 5.41) is 1.83. The molecule has 1 saturated heterocycles. The van der Waals surface area contributed by atoms with E-state index in [1.54, 1.807) is 23.1 Å². The Morgan fingerprint density at radius 2 is 1.71 bits per heavy atom. The minimum Gasteiger partial charge on any atom is -0.497 e. The molecule has 2 aromatic rings. The summed E-state index contributed by atoms with van der Waals surface area (Å²) >= 11 is 1.37. The van der Waals surface area contributed by atoms with E-state index in [2.05, 4.69) is 0 Å². The van der Waals surface area contributed by atoms with Gasteiger partial charge in [0.05, 0.1) is 16.9 Å². The van der Waals surface area contributed by atoms with Gasteiger partial charge in [0.15, 0.2) is 5.78 Å². The predicted molar refractivity (Wildman–Crippen MR) is 106 cm³/mol. The second kappa shape index (κ2) is 8.85. The van der Waals surface area contributed by atoms with E-state index in [9.17, 15) is 18.0 Å². The number of methoxy groups -OCH3 is 1. The van der Waals surface area contributed by atoms with Gasteiger partial charge in [0, 0.05) is 39.0 Å². The van der Waals surface area contributed by atoms with Crippen molar-refractivity contribution in [2.24, 2.45) is 0 Å². The Labute approximate surface area is 168 Å². The number of ketones is 1. The van der Waals surface area contributed by atoms with Gasteiger partial charge in [-0.05, 0) is 35.7 Å². The van der Waals surface area contributed by atoms with Gasteiger partial charge in [0.1, 0.15) is 5.75 Å². The number of nitrogens with zero attached hydrogens (tertiary/aromatic N) is 2. The number of thiophene rings is 1. The van der Waals surface area contributed by atoms with Crippen LogP contribution in [0.15, 0.2) is 46.7 Å². The van der Waals surface area contributed by atoms with Crippen LogP contribution in [0.1, 0.15) is 22.5 Å². The van der Waals surface area contributed by atoms with Crippen LogP contribution in [0, 0.1) is 0 Å². The summed E-state index contributed by atoms with van der Waals surface area (Å²) in [7, 11) is -2.08. The number of ether oxygens (including phenoxy) is 1. The summed E-state index contributed by atoms with van der Waals surface area (Å²) in [6, 6.07) is 9.81. The van der Waals surface area contributed by atoms with Crippen molar-refractivity contribution in [2.45, 2.75) is 17.7 Å². The van der Waals surface area contributed by atoms with Crippen LogP contribution in [0.4, 0.5) is 0 Å². The average molecular weight is 423 g/mol. The van der Waals surface area contributed by atoms with Gasteiger partial charge < -0.3 is 9.64 Å². The van der Waals surface area contributed by atoms with E-state index in [1.165, 1.54) is 34.9 Å². The number of amides is 1. The van der Waals surface area contributed by atoms with Gasteiger partial charge in [-0.3, -0.25) is 9.59 Å². The molecule has 28 heavy (non-hydrogen) atoms. The molecule has 0 saturated carbocycles. The van der Waals surface area contributed by atoms with E-state index in [1.807, 2.05) is 11.4 Å². The van der Waals surface area contributed by atoms with Crippen LogP contribution < -0.4 is 4.74 Å². The molecule has 0 aliphatic carbocycles. The summed E-state index contributed by atoms with van der Waals surface area (Å²) in [4.78, 5) is 26.9. The van der Waals surface area contributed by atoms with Crippen LogP contribution in [-0.4, -0.2) is 62.6 Å². The van der Waals surface area contributed by atoms with Gasteiger partial charge in [-0.15, -0.1) is 11.3 Å². The third kappa shape index (κ3) is 4.60. The lowest BCUT2D eigenvalue weighted by atomic mass is 10.1. The zero-order valence-electron chi connectivity index (χ0n) is 15.5. The number of benzene rings is 1. The van der Waals surface area contributed by atoms with Crippen molar-refractivity contribution in [3.63, 3.8) is 0 Å². The number of carbonyl (C=O) groups is 2. The third-order valence-corrected chi connectivity index (χ3v) is 7.47. The highest BCUT2D eigenvalue weighted by molar-refractivity contribution is 7.89. The Bertz CT molecular complexity index is 916. The maximum Gasteiger partial charge on any atom is 0.243 e. The van der Waals surface area contributed by atoms with Crippen LogP contribution in [0.25, 0.3) is 0 Å². The molecule has 1 aromatic carbocycles. The second-order valence-corrected chi connectivity index (χ2v) is 9.25. The van der Waals surface area contributed by atoms with Crippen molar-refractivity contribution in [1.82, 2.24) is 9.21 Å². The Kier molecular flexibility index (Phi) is 6.48. The Hall–Kier alpha value is -2.23. The standard InChI is InChI=1S/C19H22N2O5S2/c1-26-15-4-6-16(7-5-15)28(24,25)21-12-10-20(11-13-21)19(23)9-8-17(22)18-3-2-14-27-18/h2-7,14H,8-13H2,1H3. The number of piperazine rings is 1. The predicted octanol–water partition coefficient (Wildman–Crippen LogP) is 2.25. The molecular weight excluding hydrogens is 400 g/mol. The Balaban J connectivity index is 1.53. The summed E-state index contributed by atoms with van der Waals surface area (Å²) in [6.07, 6.45) is 0.311. The molecule has 150 valence electrons. The lowest BCUT2D eigenvalue weighted by molar-refractivity contribution is -0.132. The van der Waals surface area contributed by atoms with Crippen LogP contribution in [0.5, 0.6) is 5.75 Å². The highest BCUT2D eigenvalue weighted by atomic mass is 32.2. The van der Waals surface area contributed by atoms with E-state index in [0.717, 1.165) is 0 Å². The summed E-state index contributed by atoms with van der Waals surface area (Å²) in [5.41, 5.74) is 0. The van der Waals surface area contributed by atoms with Gasteiger partial charge in [0.25, 0.3) is 0 Å². The van der Waals surface area contributed by atoms with E-state index >= 15 is 0 Å². The molecule has 0 radical (unpaired) electrons. The second-order valence-electron chi connectivity index (χ2n) is 6.36. The summed E-state index contributed by atoms with van der Waals surface area (Å²) < 4.78 is 31.9. The normalized spacial score (nSPS) is 15.4. The maximum atomic E-state index is 12.7. The van der Waals surface area contributed by atoms with E-state index in [0.29, 0.717) is 23.7 Å². The minimum atomic E-state index is -3.60. The fourth-order valence-corrected chi connectivity index (χ4v) is 5.13. The molecule has 1 aromatic heterocycles. The molecule has 1 aliphatic heterocycles. The average Bonchev–Trinajstić information content (AvgIpc) is 3.27. The number of carbonyl (C=O) groups excluding carboxylic acids is 2. The lowest BCUT2D eigenvalue weighted by Crippen LogP contribution is -2.50. The van der Waals surface area contributed by atoms with Gasteiger partial charge in [0.2, 0.25) is 15.9 Å². The third-order valence-electron chi connectivity index (χ3n) is 4.65. The van der Waals surface area contributed by atoms with Gasteiger partial charge in [-0.2, -0.15) is 4.31 Å². The molecule has 0 bridgehead atoms. The molecule has 1 aliphatic rings. The van der Waals surface area contributed by atoms with Crippen molar-refractivity contribution in [3.8, 4) is 5.75 Å². The molecule has 1 fully saturated rings. The molecule has 0 spiro atoms. The maximum absolute atomic E-state index is 12.7. The number of hydrogen-bond acceptors (Lipinski definition) is 6. The smallest absolute Gasteiger partial charge is 0.243 e. The lowest BCUT2D eigenvalue weighted by Gasteiger charge is -2.34. The van der Waals surface area contributed by atoms with Crippen molar-refractivity contribution < 1.29 is 22.7 Å². The number of sulfonamides is 1. The van der Waals surface area contributed by atoms with Crippen LogP contribution in [-0.2, 0) is 14.8 Å². The fraction of sp³-hybridized carbons (Fsp3) is 0.368. The van der Waals surface area contributed by atoms with Gasteiger partial charge in [-0.25, -0.2) is 8.42 Å². The monoisotopic (exact) mass is 422 g/mol. The number of Topliss-reactive ketones (excluding diaryl/α,β-unsaturated/α-hetero) is 1. The van der Waals surface area contributed by atoms with Crippen molar-refractivity contribution >= 4 is 33.1 Å². The molecule has 3 rings (SSSR count). The molecule has 0 atom stereocenters. The zero-order valence-corrected chi connectivity index (χ0v) is 17.2. The highest BCUT2D eigenvalue weighted by Gasteiger charge is 2.30. The quantitative estimate of drug-likeness (QED) is 0.639. The molecule has 9 heteroatoms. The molecule has 1 amide bonds. The highest BCUT2D eigenvalue weighted by Crippen LogP contribution is 2.21. The first-order valence-electron chi connectivity index (χ1n) is 8.90. The molecule has 7 nitrogen and oxygen atoms in total. The largest absolute Gasteiger partial charge is 0.497 e.